The molecule has 1 aliphatic rings. The molecule has 1 aliphatic heterocycles. The third-order valence-corrected chi connectivity index (χ3v) is 5.69. The second-order valence-electron chi connectivity index (χ2n) is 7.62. The molecule has 0 saturated carbocycles. The summed E-state index contributed by atoms with van der Waals surface area (Å²) in [4.78, 5) is 39.9. The van der Waals surface area contributed by atoms with Crippen molar-refractivity contribution in [3.63, 3.8) is 0 Å². The number of nitrogens with one attached hydrogen (secondary N) is 1. The van der Waals surface area contributed by atoms with E-state index in [9.17, 15) is 14.9 Å². The topological polar surface area (TPSA) is 141 Å². The minimum atomic E-state index is -0.741. The second kappa shape index (κ2) is 9.47. The number of hydrogen-bond acceptors (Lipinski definition) is 8. The number of anilines is 1. The highest BCUT2D eigenvalue weighted by atomic mass is 16.5. The number of H-pyrrole nitrogens is 1. The van der Waals surface area contributed by atoms with Crippen molar-refractivity contribution < 1.29 is 14.3 Å². The fourth-order valence-corrected chi connectivity index (χ4v) is 4.05. The first kappa shape index (κ1) is 22.1. The number of rotatable bonds is 7. The number of aromatic nitrogens is 3. The standard InChI is InChI=1S/C21H27N7O3/c1-4-31-21(30)15(10-22)16(9-18(23)29)28-8-6-13(2)17(11-28)27(3)20-14-5-7-24-19(14)25-12-26-20/h5,7,12-13,17H,4,6,8-9,11H2,1-3H3,(H2,23,29)(H,24,25,26)/b16-15+/t13-,17+/m1/s1. The molecular formula is C21H27N7O3. The van der Waals surface area contributed by atoms with E-state index in [0.717, 1.165) is 23.3 Å². The molecule has 3 heterocycles. The molecular weight excluding hydrogens is 398 g/mol. The van der Waals surface area contributed by atoms with E-state index in [1.165, 1.54) is 6.33 Å². The lowest BCUT2D eigenvalue weighted by atomic mass is 9.91. The van der Waals surface area contributed by atoms with Gasteiger partial charge in [-0.15, -0.1) is 0 Å². The van der Waals surface area contributed by atoms with Crippen molar-refractivity contribution in [2.24, 2.45) is 11.7 Å². The van der Waals surface area contributed by atoms with Gasteiger partial charge in [0.05, 0.1) is 24.5 Å². The van der Waals surface area contributed by atoms with Crippen molar-refractivity contribution in [3.05, 3.63) is 29.9 Å². The number of fused-ring (bicyclic) bond motifs is 1. The van der Waals surface area contributed by atoms with Gasteiger partial charge in [-0.3, -0.25) is 4.79 Å². The maximum absolute atomic E-state index is 12.3. The first-order chi connectivity index (χ1) is 14.9. The molecule has 0 aliphatic carbocycles. The normalized spacial score (nSPS) is 19.5. The number of primary amides is 1. The van der Waals surface area contributed by atoms with Gasteiger partial charge in [0.15, 0.2) is 5.57 Å². The molecule has 3 rings (SSSR count). The minimum Gasteiger partial charge on any atom is -0.462 e. The number of esters is 1. The van der Waals surface area contributed by atoms with Gasteiger partial charge in [0.2, 0.25) is 5.91 Å². The van der Waals surface area contributed by atoms with E-state index < -0.39 is 11.9 Å². The number of likely N-dealkylation sites (tertiary alicyclic amines) is 1. The van der Waals surface area contributed by atoms with E-state index in [4.69, 9.17) is 10.5 Å². The Hall–Kier alpha value is -3.61. The van der Waals surface area contributed by atoms with E-state index in [1.807, 2.05) is 30.3 Å². The average molecular weight is 425 g/mol. The van der Waals surface area contributed by atoms with E-state index in [-0.39, 0.29) is 24.6 Å². The number of piperidine rings is 1. The summed E-state index contributed by atoms with van der Waals surface area (Å²) in [6, 6.07) is 3.86. The third kappa shape index (κ3) is 4.60. The van der Waals surface area contributed by atoms with E-state index in [1.54, 1.807) is 6.92 Å². The quantitative estimate of drug-likeness (QED) is 0.384. The Kier molecular flexibility index (Phi) is 6.74. The number of hydrogen-bond donors (Lipinski definition) is 2. The first-order valence-corrected chi connectivity index (χ1v) is 10.2. The number of nitrogens with two attached hydrogens (primary N) is 1. The average Bonchev–Trinajstić information content (AvgIpc) is 3.22. The van der Waals surface area contributed by atoms with Crippen LogP contribution in [-0.2, 0) is 14.3 Å². The van der Waals surface area contributed by atoms with Crippen LogP contribution in [0.1, 0.15) is 26.7 Å². The zero-order valence-corrected chi connectivity index (χ0v) is 18.0. The van der Waals surface area contributed by atoms with Gasteiger partial charge in [-0.25, -0.2) is 14.8 Å². The number of ether oxygens (including phenoxy) is 1. The SMILES string of the molecule is CCOC(=O)/C(C#N)=C(\CC(N)=O)N1CC[C@@H](C)[C@@H](N(C)c2ncnc3[nH]ccc23)C1. The molecule has 10 nitrogen and oxygen atoms in total. The molecule has 2 atom stereocenters. The Morgan fingerprint density at radius 3 is 2.90 bits per heavy atom. The molecule has 0 unspecified atom stereocenters. The summed E-state index contributed by atoms with van der Waals surface area (Å²) in [6.45, 7) is 5.05. The highest BCUT2D eigenvalue weighted by Gasteiger charge is 2.34. The maximum Gasteiger partial charge on any atom is 0.350 e. The van der Waals surface area contributed by atoms with Gasteiger partial charge in [-0.05, 0) is 25.3 Å². The number of carbonyl (C=O) groups excluding carboxylic acids is 2. The Morgan fingerprint density at radius 1 is 1.45 bits per heavy atom. The minimum absolute atomic E-state index is 0.0202. The van der Waals surface area contributed by atoms with Crippen molar-refractivity contribution in [2.45, 2.75) is 32.7 Å². The van der Waals surface area contributed by atoms with Gasteiger partial charge >= 0.3 is 5.97 Å². The van der Waals surface area contributed by atoms with Crippen molar-refractivity contribution in [1.82, 2.24) is 19.9 Å². The fraction of sp³-hybridized carbons (Fsp3) is 0.476. The van der Waals surface area contributed by atoms with Gasteiger partial charge in [0.1, 0.15) is 23.9 Å². The Morgan fingerprint density at radius 2 is 2.23 bits per heavy atom. The van der Waals surface area contributed by atoms with Crippen molar-refractivity contribution in [3.8, 4) is 6.07 Å². The lowest BCUT2D eigenvalue weighted by Crippen LogP contribution is -2.51. The Bertz CT molecular complexity index is 1040. The molecule has 2 aromatic heterocycles. The molecule has 1 fully saturated rings. The molecule has 31 heavy (non-hydrogen) atoms. The second-order valence-corrected chi connectivity index (χ2v) is 7.62. The van der Waals surface area contributed by atoms with Gasteiger partial charge in [-0.2, -0.15) is 5.26 Å². The summed E-state index contributed by atoms with van der Waals surface area (Å²) in [5.74, 6) is -0.251. The van der Waals surface area contributed by atoms with Gasteiger partial charge in [-0.1, -0.05) is 6.92 Å². The molecule has 0 aromatic carbocycles. The third-order valence-electron chi connectivity index (χ3n) is 5.69. The number of aromatic amines is 1. The zero-order chi connectivity index (χ0) is 22.5. The molecule has 164 valence electrons. The van der Waals surface area contributed by atoms with Gasteiger partial charge < -0.3 is 25.3 Å². The molecule has 0 bridgehead atoms. The molecule has 1 amide bonds. The molecule has 0 spiro atoms. The summed E-state index contributed by atoms with van der Waals surface area (Å²) in [5, 5.41) is 10.5. The lowest BCUT2D eigenvalue weighted by molar-refractivity contribution is -0.138. The van der Waals surface area contributed by atoms with Crippen molar-refractivity contribution in [1.29, 1.82) is 5.26 Å². The lowest BCUT2D eigenvalue weighted by Gasteiger charge is -2.44. The molecule has 3 N–H and O–H groups in total. The molecule has 10 heteroatoms. The van der Waals surface area contributed by atoms with E-state index in [0.29, 0.717) is 24.7 Å². The summed E-state index contributed by atoms with van der Waals surface area (Å²) in [5.41, 5.74) is 6.33. The van der Waals surface area contributed by atoms with E-state index >= 15 is 0 Å². The van der Waals surface area contributed by atoms with Crippen molar-refractivity contribution in [2.75, 3.05) is 31.6 Å². The first-order valence-electron chi connectivity index (χ1n) is 10.2. The van der Waals surface area contributed by atoms with Gasteiger partial charge in [0, 0.05) is 32.0 Å². The summed E-state index contributed by atoms with van der Waals surface area (Å²) >= 11 is 0. The van der Waals surface area contributed by atoms with Crippen LogP contribution in [0.3, 0.4) is 0 Å². The summed E-state index contributed by atoms with van der Waals surface area (Å²) in [6.07, 6.45) is 3.94. The fourth-order valence-electron chi connectivity index (χ4n) is 4.05. The van der Waals surface area contributed by atoms with Crippen LogP contribution < -0.4 is 10.6 Å². The number of carbonyl (C=O) groups is 2. The number of nitrogens with zero attached hydrogens (tertiary/aromatic N) is 5. The van der Waals surface area contributed by atoms with Crippen LogP contribution in [0.25, 0.3) is 11.0 Å². The predicted molar refractivity (Wildman–Crippen MR) is 115 cm³/mol. The van der Waals surface area contributed by atoms with Crippen LogP contribution >= 0.6 is 0 Å². The summed E-state index contributed by atoms with van der Waals surface area (Å²) in [7, 11) is 1.97. The van der Waals surface area contributed by atoms with Gasteiger partial charge in [0.25, 0.3) is 0 Å². The zero-order valence-electron chi connectivity index (χ0n) is 18.0. The molecule has 1 saturated heterocycles. The van der Waals surface area contributed by atoms with Crippen molar-refractivity contribution >= 4 is 28.7 Å². The van der Waals surface area contributed by atoms with E-state index in [2.05, 4.69) is 26.8 Å². The number of amides is 1. The predicted octanol–water partition coefficient (Wildman–Crippen LogP) is 1.32. The Balaban J connectivity index is 1.95. The summed E-state index contributed by atoms with van der Waals surface area (Å²) < 4.78 is 5.02. The smallest absolute Gasteiger partial charge is 0.350 e. The van der Waals surface area contributed by atoms with Crippen LogP contribution in [0.15, 0.2) is 29.9 Å². The van der Waals surface area contributed by atoms with Crippen LogP contribution in [-0.4, -0.2) is 64.5 Å². The van der Waals surface area contributed by atoms with Crippen LogP contribution in [0.2, 0.25) is 0 Å². The monoisotopic (exact) mass is 425 g/mol. The highest BCUT2D eigenvalue weighted by molar-refractivity contribution is 5.94. The van der Waals surface area contributed by atoms with Crippen LogP contribution in [0, 0.1) is 17.2 Å². The number of nitriles is 1. The van der Waals surface area contributed by atoms with Crippen LogP contribution in [0.5, 0.6) is 0 Å². The Labute approximate surface area is 180 Å². The highest BCUT2D eigenvalue weighted by Crippen LogP contribution is 2.31. The molecule has 2 aromatic rings. The molecule has 0 radical (unpaired) electrons. The maximum atomic E-state index is 12.3. The van der Waals surface area contributed by atoms with Crippen LogP contribution in [0.4, 0.5) is 5.82 Å². The largest absolute Gasteiger partial charge is 0.462 e. The number of likely N-dealkylation sites (N-methyl/N-ethyl adjacent to an activating group) is 1.